The van der Waals surface area contributed by atoms with Crippen molar-refractivity contribution in [2.24, 2.45) is 0 Å². The molecule has 0 unspecified atom stereocenters. The van der Waals surface area contributed by atoms with E-state index in [0.29, 0.717) is 41.9 Å². The highest BCUT2D eigenvalue weighted by Gasteiger charge is 2.24. The van der Waals surface area contributed by atoms with E-state index >= 15 is 0 Å². The molecule has 152 valence electrons. The van der Waals surface area contributed by atoms with Crippen molar-refractivity contribution in [3.05, 3.63) is 64.3 Å². The highest BCUT2D eigenvalue weighted by atomic mass is 35.5. The number of hydrogen-bond donors (Lipinski definition) is 3. The lowest BCUT2D eigenvalue weighted by atomic mass is 10.2. The zero-order valence-electron chi connectivity index (χ0n) is 15.7. The van der Waals surface area contributed by atoms with Crippen LogP contribution in [0.15, 0.2) is 48.5 Å². The zero-order valence-corrected chi connectivity index (χ0v) is 17.2. The first-order valence-electron chi connectivity index (χ1n) is 9.50. The topological polar surface area (TPSA) is 71.6 Å². The highest BCUT2D eigenvalue weighted by Crippen LogP contribution is 2.32. The number of aromatic amines is 1. The molecule has 1 amide bonds. The third-order valence-corrected chi connectivity index (χ3v) is 6.04. The molecule has 0 bridgehead atoms. The van der Waals surface area contributed by atoms with Crippen molar-refractivity contribution < 1.29 is 9.90 Å². The van der Waals surface area contributed by atoms with Gasteiger partial charge in [0.1, 0.15) is 11.9 Å². The largest absolute Gasteiger partial charge is 0.377 e. The van der Waals surface area contributed by atoms with Crippen LogP contribution in [0, 0.1) is 0 Å². The van der Waals surface area contributed by atoms with Gasteiger partial charge in [0.05, 0.1) is 22.3 Å². The molecule has 2 heterocycles. The summed E-state index contributed by atoms with van der Waals surface area (Å²) < 4.78 is 0. The van der Waals surface area contributed by atoms with Gasteiger partial charge >= 0.3 is 0 Å². The van der Waals surface area contributed by atoms with E-state index < -0.39 is 6.23 Å². The predicted octanol–water partition coefficient (Wildman–Crippen LogP) is 3.35. The van der Waals surface area contributed by atoms with Crippen molar-refractivity contribution in [2.75, 3.05) is 37.6 Å². The molecule has 0 radical (unpaired) electrons. The number of nitrogens with one attached hydrogen (secondary N) is 2. The maximum Gasteiger partial charge on any atom is 0.267 e. The standard InChI is InChI=1S/C21H22Cl2N4O2/c22-15-5-3-7-18(20(15)23)26-8-10-27(11-9-26)19(28)13-24-21(29)17-12-14-4-1-2-6-16(14)25-17/h1-7,12,19,25,28H,8-11,13H2,(H,24,29)/t19-/m1/s1. The molecule has 4 rings (SSSR count). The van der Waals surface area contributed by atoms with Gasteiger partial charge in [-0.25, -0.2) is 0 Å². The van der Waals surface area contributed by atoms with E-state index in [9.17, 15) is 9.90 Å². The Morgan fingerprint density at radius 2 is 1.86 bits per heavy atom. The number of amides is 1. The number of hydrogen-bond acceptors (Lipinski definition) is 4. The summed E-state index contributed by atoms with van der Waals surface area (Å²) in [5.41, 5.74) is 2.30. The summed E-state index contributed by atoms with van der Waals surface area (Å²) in [5, 5.41) is 15.4. The molecule has 1 aliphatic rings. The van der Waals surface area contributed by atoms with Gasteiger partial charge in [-0.15, -0.1) is 0 Å². The molecule has 0 saturated carbocycles. The number of rotatable bonds is 5. The molecule has 1 aromatic heterocycles. The van der Waals surface area contributed by atoms with Crippen LogP contribution in [0.4, 0.5) is 5.69 Å². The van der Waals surface area contributed by atoms with Crippen LogP contribution in [-0.2, 0) is 0 Å². The summed E-state index contributed by atoms with van der Waals surface area (Å²) in [6, 6.07) is 15.1. The minimum atomic E-state index is -0.750. The number of benzene rings is 2. The number of piperazine rings is 1. The quantitative estimate of drug-likeness (QED) is 0.577. The van der Waals surface area contributed by atoms with E-state index in [0.717, 1.165) is 16.6 Å². The molecular weight excluding hydrogens is 411 g/mol. The van der Waals surface area contributed by atoms with Crippen LogP contribution in [0.25, 0.3) is 10.9 Å². The number of aliphatic hydroxyl groups excluding tert-OH is 1. The molecule has 1 atom stereocenters. The SMILES string of the molecule is O=C(NC[C@@H](O)N1CCN(c2cccc(Cl)c2Cl)CC1)c1cc2ccccc2[nH]1. The van der Waals surface area contributed by atoms with Crippen molar-refractivity contribution >= 4 is 45.7 Å². The van der Waals surface area contributed by atoms with Crippen LogP contribution >= 0.6 is 23.2 Å². The van der Waals surface area contributed by atoms with Gasteiger partial charge in [-0.3, -0.25) is 9.69 Å². The van der Waals surface area contributed by atoms with Gasteiger partial charge in [0, 0.05) is 37.1 Å². The van der Waals surface area contributed by atoms with Gasteiger partial charge in [0.2, 0.25) is 0 Å². The van der Waals surface area contributed by atoms with E-state index in [1.54, 1.807) is 6.07 Å². The first-order valence-corrected chi connectivity index (χ1v) is 10.3. The molecule has 6 nitrogen and oxygen atoms in total. The van der Waals surface area contributed by atoms with Crippen molar-refractivity contribution in [1.82, 2.24) is 15.2 Å². The highest BCUT2D eigenvalue weighted by molar-refractivity contribution is 6.43. The zero-order chi connectivity index (χ0) is 20.4. The average molecular weight is 433 g/mol. The molecule has 1 saturated heterocycles. The minimum Gasteiger partial charge on any atom is -0.377 e. The van der Waals surface area contributed by atoms with Gasteiger partial charge in [0.15, 0.2) is 0 Å². The van der Waals surface area contributed by atoms with Crippen LogP contribution in [-0.4, -0.2) is 59.8 Å². The van der Waals surface area contributed by atoms with Crippen molar-refractivity contribution in [2.45, 2.75) is 6.23 Å². The Balaban J connectivity index is 1.30. The number of aromatic nitrogens is 1. The molecule has 1 aliphatic heterocycles. The lowest BCUT2D eigenvalue weighted by Crippen LogP contribution is -2.53. The summed E-state index contributed by atoms with van der Waals surface area (Å²) in [6.45, 7) is 2.91. The van der Waals surface area contributed by atoms with Crippen molar-refractivity contribution in [3.8, 4) is 0 Å². The molecule has 3 aromatic rings. The second-order valence-electron chi connectivity index (χ2n) is 7.06. The molecular formula is C21H22Cl2N4O2. The summed E-state index contributed by atoms with van der Waals surface area (Å²) in [5.74, 6) is -0.232. The number of halogens is 2. The maximum atomic E-state index is 12.4. The fraction of sp³-hybridized carbons (Fsp3) is 0.286. The average Bonchev–Trinajstić information content (AvgIpc) is 3.18. The van der Waals surface area contributed by atoms with Gasteiger partial charge < -0.3 is 20.3 Å². The van der Waals surface area contributed by atoms with Crippen LogP contribution in [0.1, 0.15) is 10.5 Å². The van der Waals surface area contributed by atoms with Crippen LogP contribution < -0.4 is 10.2 Å². The number of para-hydroxylation sites is 1. The summed E-state index contributed by atoms with van der Waals surface area (Å²) in [4.78, 5) is 19.6. The second kappa shape index (κ2) is 8.63. The Hall–Kier alpha value is -2.25. The number of anilines is 1. The summed E-state index contributed by atoms with van der Waals surface area (Å²) in [7, 11) is 0. The first kappa shape index (κ1) is 20.0. The molecule has 2 aromatic carbocycles. The van der Waals surface area contributed by atoms with Crippen molar-refractivity contribution in [1.29, 1.82) is 0 Å². The molecule has 3 N–H and O–H groups in total. The number of aliphatic hydroxyl groups is 1. The predicted molar refractivity (Wildman–Crippen MR) is 117 cm³/mol. The molecule has 0 spiro atoms. The summed E-state index contributed by atoms with van der Waals surface area (Å²) >= 11 is 12.4. The Kier molecular flexibility index (Phi) is 5.96. The van der Waals surface area contributed by atoms with Crippen molar-refractivity contribution in [3.63, 3.8) is 0 Å². The Morgan fingerprint density at radius 3 is 2.62 bits per heavy atom. The normalized spacial score (nSPS) is 16.2. The molecule has 29 heavy (non-hydrogen) atoms. The Bertz CT molecular complexity index is 982. The summed E-state index contributed by atoms with van der Waals surface area (Å²) in [6.07, 6.45) is -0.750. The smallest absolute Gasteiger partial charge is 0.267 e. The monoisotopic (exact) mass is 432 g/mol. The maximum absolute atomic E-state index is 12.4. The van der Waals surface area contributed by atoms with Crippen LogP contribution in [0.3, 0.4) is 0 Å². The number of nitrogens with zero attached hydrogens (tertiary/aromatic N) is 2. The lowest BCUT2D eigenvalue weighted by Gasteiger charge is -2.38. The van der Waals surface area contributed by atoms with Gasteiger partial charge in [-0.1, -0.05) is 47.5 Å². The number of carbonyl (C=O) groups is 1. The Labute approximate surface area is 179 Å². The minimum absolute atomic E-state index is 0.159. The van der Waals surface area contributed by atoms with Crippen LogP contribution in [0.2, 0.25) is 10.0 Å². The van der Waals surface area contributed by atoms with E-state index in [-0.39, 0.29) is 12.5 Å². The molecule has 8 heteroatoms. The van der Waals surface area contributed by atoms with E-state index in [1.807, 2.05) is 47.4 Å². The number of fused-ring (bicyclic) bond motifs is 1. The second-order valence-corrected chi connectivity index (χ2v) is 7.84. The fourth-order valence-electron chi connectivity index (χ4n) is 3.60. The fourth-order valence-corrected chi connectivity index (χ4v) is 4.02. The first-order chi connectivity index (χ1) is 14.0. The van der Waals surface area contributed by atoms with Gasteiger partial charge in [-0.2, -0.15) is 0 Å². The number of carbonyl (C=O) groups excluding carboxylic acids is 1. The Morgan fingerprint density at radius 1 is 1.10 bits per heavy atom. The van der Waals surface area contributed by atoms with E-state index in [4.69, 9.17) is 23.2 Å². The van der Waals surface area contributed by atoms with Crippen LogP contribution in [0.5, 0.6) is 0 Å². The van der Waals surface area contributed by atoms with E-state index in [1.165, 1.54) is 0 Å². The molecule has 0 aliphatic carbocycles. The van der Waals surface area contributed by atoms with Gasteiger partial charge in [0.25, 0.3) is 5.91 Å². The number of H-pyrrole nitrogens is 1. The lowest BCUT2D eigenvalue weighted by molar-refractivity contribution is 0.00188. The molecule has 1 fully saturated rings. The third kappa shape index (κ3) is 4.36. The third-order valence-electron chi connectivity index (χ3n) is 5.23. The van der Waals surface area contributed by atoms with Gasteiger partial charge in [-0.05, 0) is 24.3 Å². The van der Waals surface area contributed by atoms with E-state index in [2.05, 4.69) is 15.2 Å².